The molecule has 1 amide bonds. The lowest BCUT2D eigenvalue weighted by Crippen LogP contribution is -2.21. The largest absolute Gasteiger partial charge is 0.355 e. The molecule has 1 N–H and O–H groups in total. The van der Waals surface area contributed by atoms with Gasteiger partial charge in [0.25, 0.3) is 5.91 Å². The summed E-state index contributed by atoms with van der Waals surface area (Å²) in [6, 6.07) is 4.96. The first-order valence-electron chi connectivity index (χ1n) is 4.69. The van der Waals surface area contributed by atoms with Crippen molar-refractivity contribution in [3.8, 4) is 0 Å². The van der Waals surface area contributed by atoms with Crippen molar-refractivity contribution in [3.05, 3.63) is 46.0 Å². The summed E-state index contributed by atoms with van der Waals surface area (Å²) in [6.07, 6.45) is 0. The molecule has 0 saturated carbocycles. The van der Waals surface area contributed by atoms with Crippen LogP contribution in [0, 0.1) is 0 Å². The number of carbonyl (C=O) groups excluding carboxylic acids is 2. The molecule has 0 aliphatic heterocycles. The molecule has 0 atom stereocenters. The molecule has 0 radical (unpaired) electrons. The van der Waals surface area contributed by atoms with E-state index in [1.54, 1.807) is 25.1 Å². The summed E-state index contributed by atoms with van der Waals surface area (Å²) in [5.41, 5.74) is 1.13. The van der Waals surface area contributed by atoms with Gasteiger partial charge in [-0.15, -0.1) is 0 Å². The lowest BCUT2D eigenvalue weighted by Gasteiger charge is -2.07. The van der Waals surface area contributed by atoms with Crippen molar-refractivity contribution in [2.45, 2.75) is 6.92 Å². The monoisotopic (exact) mass is 281 g/mol. The minimum Gasteiger partial charge on any atom is -0.355 e. The zero-order chi connectivity index (χ0) is 12.3. The molecule has 1 rings (SSSR count). The van der Waals surface area contributed by atoms with Gasteiger partial charge in [-0.1, -0.05) is 22.5 Å². The Hall–Kier alpha value is -1.42. The summed E-state index contributed by atoms with van der Waals surface area (Å²) in [5, 5.41) is 2.50. The molecule has 0 aliphatic rings. The van der Waals surface area contributed by atoms with Crippen LogP contribution in [0.15, 0.2) is 34.8 Å². The molecule has 0 saturated heterocycles. The number of nitrogens with one attached hydrogen (secondary N) is 1. The van der Waals surface area contributed by atoms with Gasteiger partial charge >= 0.3 is 0 Å². The minimum absolute atomic E-state index is 0.222. The fraction of sp³-hybridized carbons (Fsp3) is 0.167. The molecular formula is C12H12BrNO2. The van der Waals surface area contributed by atoms with Crippen LogP contribution in [0.25, 0.3) is 0 Å². The van der Waals surface area contributed by atoms with Crippen molar-refractivity contribution in [1.82, 2.24) is 5.32 Å². The molecule has 0 unspecified atom stereocenters. The van der Waals surface area contributed by atoms with Crippen LogP contribution in [-0.4, -0.2) is 18.7 Å². The van der Waals surface area contributed by atoms with Crippen molar-refractivity contribution in [3.63, 3.8) is 0 Å². The van der Waals surface area contributed by atoms with E-state index in [4.69, 9.17) is 0 Å². The van der Waals surface area contributed by atoms with E-state index in [1.807, 2.05) is 0 Å². The Morgan fingerprint density at radius 1 is 1.31 bits per heavy atom. The fourth-order valence-corrected chi connectivity index (χ4v) is 1.63. The van der Waals surface area contributed by atoms with Crippen molar-refractivity contribution < 1.29 is 9.59 Å². The minimum atomic E-state index is -0.280. The average molecular weight is 282 g/mol. The second-order valence-electron chi connectivity index (χ2n) is 3.38. The molecule has 0 fully saturated rings. The summed E-state index contributed by atoms with van der Waals surface area (Å²) >= 11 is 3.27. The lowest BCUT2D eigenvalue weighted by molar-refractivity contribution is 0.0950. The van der Waals surface area contributed by atoms with Gasteiger partial charge in [-0.3, -0.25) is 9.59 Å². The maximum absolute atomic E-state index is 11.8. The summed E-state index contributed by atoms with van der Waals surface area (Å²) < 4.78 is 0.754. The van der Waals surface area contributed by atoms with Crippen LogP contribution >= 0.6 is 15.9 Å². The first kappa shape index (κ1) is 12.6. The molecule has 1 aromatic carbocycles. The van der Waals surface area contributed by atoms with Gasteiger partial charge in [-0.05, 0) is 30.7 Å². The van der Waals surface area contributed by atoms with E-state index >= 15 is 0 Å². The molecule has 16 heavy (non-hydrogen) atoms. The quantitative estimate of drug-likeness (QED) is 0.684. The van der Waals surface area contributed by atoms with Gasteiger partial charge < -0.3 is 5.32 Å². The topological polar surface area (TPSA) is 46.2 Å². The predicted octanol–water partition coefficient (Wildman–Crippen LogP) is 2.57. The number of benzene rings is 1. The highest BCUT2D eigenvalue weighted by molar-refractivity contribution is 9.10. The molecule has 3 nitrogen and oxygen atoms in total. The Balaban J connectivity index is 3.34. The molecule has 0 spiro atoms. The van der Waals surface area contributed by atoms with Crippen LogP contribution in [0.1, 0.15) is 27.6 Å². The number of hydrogen-bond donors (Lipinski definition) is 1. The van der Waals surface area contributed by atoms with Crippen LogP contribution in [0.2, 0.25) is 0 Å². The summed E-state index contributed by atoms with van der Waals surface area (Å²) in [5.74, 6) is -0.503. The van der Waals surface area contributed by atoms with E-state index in [-0.39, 0.29) is 11.7 Å². The maximum Gasteiger partial charge on any atom is 0.251 e. The number of amides is 1. The van der Waals surface area contributed by atoms with E-state index in [2.05, 4.69) is 27.8 Å². The Morgan fingerprint density at radius 3 is 2.44 bits per heavy atom. The van der Waals surface area contributed by atoms with E-state index in [0.717, 1.165) is 4.47 Å². The number of hydrogen-bond acceptors (Lipinski definition) is 2. The normalized spacial score (nSPS) is 9.69. The van der Waals surface area contributed by atoms with Crippen molar-refractivity contribution in [2.75, 3.05) is 7.05 Å². The zero-order valence-electron chi connectivity index (χ0n) is 9.13. The van der Waals surface area contributed by atoms with Gasteiger partial charge in [0.15, 0.2) is 5.78 Å². The smallest absolute Gasteiger partial charge is 0.251 e. The molecule has 0 heterocycles. The van der Waals surface area contributed by atoms with Gasteiger partial charge in [0.1, 0.15) is 0 Å². The van der Waals surface area contributed by atoms with Gasteiger partial charge in [0.2, 0.25) is 0 Å². The zero-order valence-corrected chi connectivity index (χ0v) is 10.7. The molecule has 0 aliphatic carbocycles. The Kier molecular flexibility index (Phi) is 4.01. The van der Waals surface area contributed by atoms with Crippen LogP contribution in [-0.2, 0) is 0 Å². The van der Waals surface area contributed by atoms with Crippen molar-refractivity contribution in [1.29, 1.82) is 0 Å². The number of ketones is 1. The molecule has 84 valence electrons. The number of rotatable bonds is 3. The highest BCUT2D eigenvalue weighted by atomic mass is 79.9. The Labute approximate surface area is 103 Å². The highest BCUT2D eigenvalue weighted by Gasteiger charge is 2.16. The molecule has 0 aromatic heterocycles. The van der Waals surface area contributed by atoms with Crippen LogP contribution < -0.4 is 5.32 Å². The molecule has 1 aromatic rings. The van der Waals surface area contributed by atoms with Crippen LogP contribution in [0.4, 0.5) is 0 Å². The van der Waals surface area contributed by atoms with Crippen LogP contribution in [0.5, 0.6) is 0 Å². The van der Waals surface area contributed by atoms with Crippen LogP contribution in [0.3, 0.4) is 0 Å². The number of Topliss-reactive ketones (excluding diaryl/α,β-unsaturated/α-hetero) is 1. The Bertz CT molecular complexity index is 466. The number of halogens is 1. The second-order valence-corrected chi connectivity index (χ2v) is 4.29. The average Bonchev–Trinajstić information content (AvgIpc) is 2.26. The summed E-state index contributed by atoms with van der Waals surface area (Å²) in [4.78, 5) is 23.4. The number of allylic oxidation sites excluding steroid dienone is 1. The third-order valence-corrected chi connectivity index (χ3v) is 2.58. The van der Waals surface area contributed by atoms with E-state index in [1.165, 1.54) is 7.05 Å². The molecular weight excluding hydrogens is 270 g/mol. The maximum atomic E-state index is 11.8. The van der Waals surface area contributed by atoms with E-state index in [9.17, 15) is 9.59 Å². The number of carbonyl (C=O) groups is 2. The molecule has 0 bridgehead atoms. The van der Waals surface area contributed by atoms with Gasteiger partial charge in [0, 0.05) is 17.1 Å². The Morgan fingerprint density at radius 2 is 1.94 bits per heavy atom. The third kappa shape index (κ3) is 2.58. The van der Waals surface area contributed by atoms with Gasteiger partial charge in [-0.2, -0.15) is 0 Å². The highest BCUT2D eigenvalue weighted by Crippen LogP contribution is 2.19. The lowest BCUT2D eigenvalue weighted by atomic mass is 9.99. The molecule has 4 heteroatoms. The fourth-order valence-electron chi connectivity index (χ4n) is 1.27. The SMILES string of the molecule is C=C(C)C(=O)c1cc(Br)ccc1C(=O)NC. The second kappa shape index (κ2) is 5.07. The predicted molar refractivity (Wildman–Crippen MR) is 66.7 cm³/mol. The van der Waals surface area contributed by atoms with E-state index < -0.39 is 0 Å². The standard InChI is InChI=1S/C12H12BrNO2/c1-7(2)11(15)10-6-8(13)4-5-9(10)12(16)14-3/h4-6H,1H2,2-3H3,(H,14,16). The van der Waals surface area contributed by atoms with Gasteiger partial charge in [0.05, 0.1) is 5.56 Å². The first-order valence-corrected chi connectivity index (χ1v) is 5.48. The third-order valence-electron chi connectivity index (χ3n) is 2.09. The van der Waals surface area contributed by atoms with Crippen molar-refractivity contribution >= 4 is 27.6 Å². The summed E-state index contributed by atoms with van der Waals surface area (Å²) in [6.45, 7) is 5.21. The van der Waals surface area contributed by atoms with E-state index in [0.29, 0.717) is 16.7 Å². The van der Waals surface area contributed by atoms with Crippen molar-refractivity contribution in [2.24, 2.45) is 0 Å². The first-order chi connectivity index (χ1) is 7.47. The van der Waals surface area contributed by atoms with Gasteiger partial charge in [-0.25, -0.2) is 0 Å². The summed E-state index contributed by atoms with van der Waals surface area (Å²) in [7, 11) is 1.53.